The Balaban J connectivity index is 1.97. The maximum Gasteiger partial charge on any atom is 0.110 e. The lowest BCUT2D eigenvalue weighted by atomic mass is 10.1. The average molecular weight is 277 g/mol. The normalized spacial score (nSPS) is 16.6. The van der Waals surface area contributed by atoms with Crippen molar-refractivity contribution < 1.29 is 4.74 Å². The Morgan fingerprint density at radius 2 is 2.21 bits per heavy atom. The van der Waals surface area contributed by atoms with E-state index in [4.69, 9.17) is 4.74 Å². The molecule has 1 unspecified atom stereocenters. The van der Waals surface area contributed by atoms with E-state index in [1.165, 1.54) is 10.5 Å². The van der Waals surface area contributed by atoms with Crippen LogP contribution in [0.25, 0.3) is 0 Å². The molecule has 0 bridgehead atoms. The van der Waals surface area contributed by atoms with Gasteiger partial charge in [-0.25, -0.2) is 0 Å². The van der Waals surface area contributed by atoms with Gasteiger partial charge in [0, 0.05) is 10.6 Å². The van der Waals surface area contributed by atoms with Gasteiger partial charge < -0.3 is 10.1 Å². The summed E-state index contributed by atoms with van der Waals surface area (Å²) < 4.78 is 5.80. The Bertz CT molecular complexity index is 431. The van der Waals surface area contributed by atoms with Crippen LogP contribution in [0, 0.1) is 6.92 Å². The second-order valence-corrected chi connectivity index (χ2v) is 5.85. The Morgan fingerprint density at radius 1 is 1.37 bits per heavy atom. The number of thioether (sulfide) groups is 1. The minimum atomic E-state index is 0.329. The maximum atomic E-state index is 5.80. The monoisotopic (exact) mass is 277 g/mol. The number of hydrogen-bond donors (Lipinski definition) is 1. The summed E-state index contributed by atoms with van der Waals surface area (Å²) in [6.07, 6.45) is 4.54. The molecule has 19 heavy (non-hydrogen) atoms. The zero-order valence-corrected chi connectivity index (χ0v) is 12.6. The van der Waals surface area contributed by atoms with Gasteiger partial charge >= 0.3 is 0 Å². The molecule has 104 valence electrons. The van der Waals surface area contributed by atoms with Crippen LogP contribution in [0.3, 0.4) is 0 Å². The second-order valence-electron chi connectivity index (χ2n) is 4.78. The predicted molar refractivity (Wildman–Crippen MR) is 82.6 cm³/mol. The van der Waals surface area contributed by atoms with Gasteiger partial charge in [0.2, 0.25) is 0 Å². The number of nitrogens with one attached hydrogen (secondary N) is 1. The fourth-order valence-corrected chi connectivity index (χ4v) is 3.30. The molecule has 0 spiro atoms. The van der Waals surface area contributed by atoms with Crippen LogP contribution >= 0.6 is 11.8 Å². The van der Waals surface area contributed by atoms with Crippen LogP contribution in [0.1, 0.15) is 25.3 Å². The lowest BCUT2D eigenvalue weighted by Crippen LogP contribution is -2.35. The third kappa shape index (κ3) is 4.29. The van der Waals surface area contributed by atoms with Crippen LogP contribution < -0.4 is 5.32 Å². The van der Waals surface area contributed by atoms with Crippen LogP contribution in [0.4, 0.5) is 0 Å². The molecule has 2 rings (SSSR count). The molecule has 1 aromatic rings. The largest absolute Gasteiger partial charge is 0.497 e. The van der Waals surface area contributed by atoms with E-state index in [-0.39, 0.29) is 0 Å². The first-order valence-corrected chi connectivity index (χ1v) is 8.04. The molecular weight excluding hydrogens is 254 g/mol. The fraction of sp³-hybridized carbons (Fsp3) is 0.500. The first-order chi connectivity index (χ1) is 9.31. The SMILES string of the molecule is CCNC(CSc1ccccc1C)C1=CCCCO1. The zero-order chi connectivity index (χ0) is 13.5. The van der Waals surface area contributed by atoms with Crippen molar-refractivity contribution in [3.05, 3.63) is 41.7 Å². The molecule has 0 saturated heterocycles. The Kier molecular flexibility index (Phi) is 5.80. The van der Waals surface area contributed by atoms with Gasteiger partial charge in [-0.05, 0) is 44.0 Å². The third-order valence-corrected chi connectivity index (χ3v) is 4.52. The van der Waals surface area contributed by atoms with E-state index >= 15 is 0 Å². The molecule has 2 nitrogen and oxygen atoms in total. The fourth-order valence-electron chi connectivity index (χ4n) is 2.20. The van der Waals surface area contributed by atoms with Crippen molar-refractivity contribution in [1.29, 1.82) is 0 Å². The smallest absolute Gasteiger partial charge is 0.110 e. The Labute approximate surface area is 120 Å². The van der Waals surface area contributed by atoms with Gasteiger partial charge in [0.1, 0.15) is 5.76 Å². The van der Waals surface area contributed by atoms with Gasteiger partial charge in [0.15, 0.2) is 0 Å². The number of likely N-dealkylation sites (N-methyl/N-ethyl adjacent to an activating group) is 1. The van der Waals surface area contributed by atoms with Crippen LogP contribution in [0.2, 0.25) is 0 Å². The average Bonchev–Trinajstić information content (AvgIpc) is 2.46. The number of aryl methyl sites for hydroxylation is 1. The quantitative estimate of drug-likeness (QED) is 0.800. The van der Waals surface area contributed by atoms with E-state index in [9.17, 15) is 0 Å². The molecule has 1 N–H and O–H groups in total. The first kappa shape index (κ1) is 14.5. The van der Waals surface area contributed by atoms with E-state index in [0.29, 0.717) is 6.04 Å². The van der Waals surface area contributed by atoms with Gasteiger partial charge in [-0.15, -0.1) is 11.8 Å². The minimum absolute atomic E-state index is 0.329. The lowest BCUT2D eigenvalue weighted by Gasteiger charge is -2.24. The van der Waals surface area contributed by atoms with Gasteiger partial charge in [-0.3, -0.25) is 0 Å². The highest BCUT2D eigenvalue weighted by Crippen LogP contribution is 2.25. The van der Waals surface area contributed by atoms with Crippen molar-refractivity contribution in [2.75, 3.05) is 18.9 Å². The summed E-state index contributed by atoms with van der Waals surface area (Å²) in [5.74, 6) is 2.15. The number of ether oxygens (including phenoxy) is 1. The molecule has 0 amide bonds. The van der Waals surface area contributed by atoms with Crippen molar-refractivity contribution in [2.45, 2.75) is 37.6 Å². The van der Waals surface area contributed by atoms with Crippen LogP contribution in [-0.4, -0.2) is 24.9 Å². The summed E-state index contributed by atoms with van der Waals surface area (Å²) >= 11 is 1.91. The minimum Gasteiger partial charge on any atom is -0.497 e. The summed E-state index contributed by atoms with van der Waals surface area (Å²) in [4.78, 5) is 1.36. The lowest BCUT2D eigenvalue weighted by molar-refractivity contribution is 0.172. The first-order valence-electron chi connectivity index (χ1n) is 7.06. The summed E-state index contributed by atoms with van der Waals surface area (Å²) in [7, 11) is 0. The number of benzene rings is 1. The second kappa shape index (κ2) is 7.61. The molecule has 1 aliphatic rings. The number of allylic oxidation sites excluding steroid dienone is 1. The van der Waals surface area contributed by atoms with E-state index in [1.807, 2.05) is 11.8 Å². The highest BCUT2D eigenvalue weighted by atomic mass is 32.2. The van der Waals surface area contributed by atoms with E-state index < -0.39 is 0 Å². The van der Waals surface area contributed by atoms with Crippen molar-refractivity contribution in [3.8, 4) is 0 Å². The molecular formula is C16H23NOS. The summed E-state index contributed by atoms with van der Waals surface area (Å²) in [6, 6.07) is 8.89. The van der Waals surface area contributed by atoms with E-state index in [1.54, 1.807) is 0 Å². The standard InChI is InChI=1S/C16H23NOS/c1-3-17-14(15-9-6-7-11-18-15)12-19-16-10-5-4-8-13(16)2/h4-5,8-10,14,17H,3,6-7,11-12H2,1-2H3. The van der Waals surface area contributed by atoms with E-state index in [2.05, 4.69) is 49.5 Å². The molecule has 1 atom stereocenters. The molecule has 3 heteroatoms. The number of hydrogen-bond acceptors (Lipinski definition) is 3. The van der Waals surface area contributed by atoms with Crippen molar-refractivity contribution >= 4 is 11.8 Å². The van der Waals surface area contributed by atoms with Gasteiger partial charge in [0.25, 0.3) is 0 Å². The Hall–Kier alpha value is -0.930. The van der Waals surface area contributed by atoms with Crippen LogP contribution in [0.5, 0.6) is 0 Å². The molecule has 0 radical (unpaired) electrons. The van der Waals surface area contributed by atoms with Crippen LogP contribution in [0.15, 0.2) is 41.0 Å². The molecule has 0 fully saturated rings. The molecule has 0 saturated carbocycles. The van der Waals surface area contributed by atoms with Crippen molar-refractivity contribution in [2.24, 2.45) is 0 Å². The van der Waals surface area contributed by atoms with E-state index in [0.717, 1.165) is 37.5 Å². The van der Waals surface area contributed by atoms with Gasteiger partial charge in [-0.1, -0.05) is 25.1 Å². The molecule has 1 aromatic carbocycles. The maximum absolute atomic E-state index is 5.80. The highest BCUT2D eigenvalue weighted by molar-refractivity contribution is 7.99. The summed E-state index contributed by atoms with van der Waals surface area (Å²) in [5.41, 5.74) is 1.35. The molecule has 0 aliphatic carbocycles. The molecule has 0 aromatic heterocycles. The van der Waals surface area contributed by atoms with Gasteiger partial charge in [-0.2, -0.15) is 0 Å². The molecule has 1 heterocycles. The van der Waals surface area contributed by atoms with Gasteiger partial charge in [0.05, 0.1) is 12.6 Å². The third-order valence-electron chi connectivity index (χ3n) is 3.26. The van der Waals surface area contributed by atoms with Crippen molar-refractivity contribution in [3.63, 3.8) is 0 Å². The van der Waals surface area contributed by atoms with Crippen LogP contribution in [-0.2, 0) is 4.74 Å². The highest BCUT2D eigenvalue weighted by Gasteiger charge is 2.17. The molecule has 1 aliphatic heterocycles. The Morgan fingerprint density at radius 3 is 2.89 bits per heavy atom. The predicted octanol–water partition coefficient (Wildman–Crippen LogP) is 3.76. The topological polar surface area (TPSA) is 21.3 Å². The van der Waals surface area contributed by atoms with Crippen molar-refractivity contribution in [1.82, 2.24) is 5.32 Å². The number of rotatable bonds is 6. The summed E-state index contributed by atoms with van der Waals surface area (Å²) in [5, 5.41) is 3.53. The summed E-state index contributed by atoms with van der Waals surface area (Å²) in [6.45, 7) is 6.15. The zero-order valence-electron chi connectivity index (χ0n) is 11.8.